The normalized spacial score (nSPS) is 16.6. The van der Waals surface area contributed by atoms with E-state index < -0.39 is 5.97 Å². The Hall–Kier alpha value is -0.710. The Morgan fingerprint density at radius 2 is 1.89 bits per heavy atom. The number of hydrogen-bond donors (Lipinski definition) is 1. The van der Waals surface area contributed by atoms with E-state index in [2.05, 4.69) is 6.92 Å². The number of thioether (sulfide) groups is 1. The minimum Gasteiger partial charge on any atom is -0.481 e. The molecule has 1 aliphatic heterocycles. The highest BCUT2D eigenvalue weighted by atomic mass is 32.2. The standard InChI is InChI=1S/C14H25NO3S/c1-12-6-8-15(9-7-12)13(16)11-19-10-4-2-3-5-14(17)18/h12H,2-11H2,1H3,(H,17,18). The van der Waals surface area contributed by atoms with Crippen LogP contribution in [0.2, 0.25) is 0 Å². The van der Waals surface area contributed by atoms with Crippen LogP contribution in [-0.2, 0) is 9.59 Å². The van der Waals surface area contributed by atoms with Gasteiger partial charge in [-0.15, -0.1) is 0 Å². The summed E-state index contributed by atoms with van der Waals surface area (Å²) in [5.74, 6) is 1.83. The molecule has 0 aromatic carbocycles. The van der Waals surface area contributed by atoms with E-state index in [-0.39, 0.29) is 12.3 Å². The van der Waals surface area contributed by atoms with E-state index in [1.54, 1.807) is 11.8 Å². The fourth-order valence-corrected chi connectivity index (χ4v) is 3.08. The molecule has 0 aromatic heterocycles. The molecule has 0 aromatic rings. The summed E-state index contributed by atoms with van der Waals surface area (Å²) in [6.07, 6.45) is 5.21. The zero-order chi connectivity index (χ0) is 14.1. The molecule has 0 aliphatic carbocycles. The van der Waals surface area contributed by atoms with E-state index >= 15 is 0 Å². The van der Waals surface area contributed by atoms with Gasteiger partial charge in [-0.25, -0.2) is 0 Å². The van der Waals surface area contributed by atoms with Crippen molar-refractivity contribution in [2.45, 2.75) is 45.4 Å². The Balaban J connectivity index is 1.97. The number of carboxylic acid groups (broad SMARTS) is 1. The van der Waals surface area contributed by atoms with Gasteiger partial charge in [0.25, 0.3) is 0 Å². The molecule has 1 saturated heterocycles. The van der Waals surface area contributed by atoms with Crippen LogP contribution in [0.15, 0.2) is 0 Å². The molecule has 0 atom stereocenters. The highest BCUT2D eigenvalue weighted by molar-refractivity contribution is 7.99. The van der Waals surface area contributed by atoms with Crippen molar-refractivity contribution in [1.29, 1.82) is 0 Å². The molecule has 1 rings (SSSR count). The summed E-state index contributed by atoms with van der Waals surface area (Å²) < 4.78 is 0. The van der Waals surface area contributed by atoms with Gasteiger partial charge >= 0.3 is 5.97 Å². The van der Waals surface area contributed by atoms with Crippen molar-refractivity contribution < 1.29 is 14.7 Å². The van der Waals surface area contributed by atoms with Gasteiger partial charge in [-0.3, -0.25) is 9.59 Å². The molecular formula is C14H25NO3S. The van der Waals surface area contributed by atoms with Crippen LogP contribution >= 0.6 is 11.8 Å². The quantitative estimate of drug-likeness (QED) is 0.697. The Labute approximate surface area is 119 Å². The number of likely N-dealkylation sites (tertiary alicyclic amines) is 1. The molecule has 4 nitrogen and oxygen atoms in total. The molecule has 0 saturated carbocycles. The van der Waals surface area contributed by atoms with Crippen molar-refractivity contribution in [1.82, 2.24) is 4.90 Å². The van der Waals surface area contributed by atoms with Crippen LogP contribution in [0.25, 0.3) is 0 Å². The smallest absolute Gasteiger partial charge is 0.303 e. The number of carbonyl (C=O) groups excluding carboxylic acids is 1. The van der Waals surface area contributed by atoms with Crippen molar-refractivity contribution in [3.63, 3.8) is 0 Å². The van der Waals surface area contributed by atoms with Crippen molar-refractivity contribution in [2.24, 2.45) is 5.92 Å². The van der Waals surface area contributed by atoms with E-state index in [4.69, 9.17) is 5.11 Å². The maximum Gasteiger partial charge on any atom is 0.303 e. The third kappa shape index (κ3) is 7.45. The molecule has 1 heterocycles. The van der Waals surface area contributed by atoms with E-state index in [0.29, 0.717) is 5.75 Å². The topological polar surface area (TPSA) is 57.6 Å². The number of aliphatic carboxylic acids is 1. The van der Waals surface area contributed by atoms with Crippen LogP contribution in [0.3, 0.4) is 0 Å². The zero-order valence-corrected chi connectivity index (χ0v) is 12.6. The molecule has 1 N–H and O–H groups in total. The lowest BCUT2D eigenvalue weighted by Crippen LogP contribution is -2.38. The number of amides is 1. The first-order valence-electron chi connectivity index (χ1n) is 7.17. The lowest BCUT2D eigenvalue weighted by Gasteiger charge is -2.30. The highest BCUT2D eigenvalue weighted by Crippen LogP contribution is 2.17. The molecule has 5 heteroatoms. The summed E-state index contributed by atoms with van der Waals surface area (Å²) in [5, 5.41) is 8.50. The fourth-order valence-electron chi connectivity index (χ4n) is 2.17. The van der Waals surface area contributed by atoms with Crippen LogP contribution in [0.4, 0.5) is 0 Å². The van der Waals surface area contributed by atoms with Crippen molar-refractivity contribution in [3.05, 3.63) is 0 Å². The fraction of sp³-hybridized carbons (Fsp3) is 0.857. The summed E-state index contributed by atoms with van der Waals surface area (Å²) in [4.78, 5) is 24.2. The largest absolute Gasteiger partial charge is 0.481 e. The van der Waals surface area contributed by atoms with Gasteiger partial charge in [0, 0.05) is 19.5 Å². The van der Waals surface area contributed by atoms with E-state index in [0.717, 1.165) is 56.9 Å². The Bertz CT molecular complexity index is 288. The van der Waals surface area contributed by atoms with Crippen LogP contribution in [0, 0.1) is 5.92 Å². The lowest BCUT2D eigenvalue weighted by atomic mass is 9.99. The molecule has 0 bridgehead atoms. The second kappa shape index (κ2) is 9.23. The maximum atomic E-state index is 11.9. The number of carboxylic acids is 1. The Kier molecular flexibility index (Phi) is 7.94. The third-order valence-corrected chi connectivity index (χ3v) is 4.57. The minimum atomic E-state index is -0.720. The SMILES string of the molecule is CC1CCN(C(=O)CSCCCCCC(=O)O)CC1. The van der Waals surface area contributed by atoms with Crippen LogP contribution in [0.5, 0.6) is 0 Å². The first-order chi connectivity index (χ1) is 9.09. The average molecular weight is 287 g/mol. The molecule has 0 unspecified atom stereocenters. The molecule has 110 valence electrons. The molecule has 1 amide bonds. The van der Waals surface area contributed by atoms with Gasteiger partial charge in [-0.1, -0.05) is 13.3 Å². The summed E-state index contributed by atoms with van der Waals surface area (Å²) in [6, 6.07) is 0. The monoisotopic (exact) mass is 287 g/mol. The Morgan fingerprint density at radius 3 is 2.53 bits per heavy atom. The van der Waals surface area contributed by atoms with Crippen LogP contribution < -0.4 is 0 Å². The third-order valence-electron chi connectivity index (χ3n) is 3.54. The Morgan fingerprint density at radius 1 is 1.21 bits per heavy atom. The van der Waals surface area contributed by atoms with Crippen LogP contribution in [0.1, 0.15) is 45.4 Å². The first kappa shape index (κ1) is 16.3. The van der Waals surface area contributed by atoms with Gasteiger partial charge in [0.2, 0.25) is 5.91 Å². The highest BCUT2D eigenvalue weighted by Gasteiger charge is 2.19. The molecule has 1 fully saturated rings. The molecular weight excluding hydrogens is 262 g/mol. The molecule has 1 aliphatic rings. The number of carbonyl (C=O) groups is 2. The molecule has 0 radical (unpaired) electrons. The predicted molar refractivity (Wildman–Crippen MR) is 78.4 cm³/mol. The molecule has 0 spiro atoms. The van der Waals surface area contributed by atoms with Crippen molar-refractivity contribution >= 4 is 23.6 Å². The predicted octanol–water partition coefficient (Wildman–Crippen LogP) is 2.62. The number of nitrogens with zero attached hydrogens (tertiary/aromatic N) is 1. The first-order valence-corrected chi connectivity index (χ1v) is 8.32. The minimum absolute atomic E-state index is 0.259. The van der Waals surface area contributed by atoms with Gasteiger partial charge in [-0.05, 0) is 37.4 Å². The van der Waals surface area contributed by atoms with Gasteiger partial charge in [-0.2, -0.15) is 11.8 Å². The number of rotatable bonds is 8. The van der Waals surface area contributed by atoms with Gasteiger partial charge in [0.05, 0.1) is 5.75 Å². The van der Waals surface area contributed by atoms with Crippen molar-refractivity contribution in [2.75, 3.05) is 24.6 Å². The number of unbranched alkanes of at least 4 members (excludes halogenated alkanes) is 2. The number of piperidine rings is 1. The van der Waals surface area contributed by atoms with E-state index in [1.807, 2.05) is 4.90 Å². The van der Waals surface area contributed by atoms with Gasteiger partial charge in [0.1, 0.15) is 0 Å². The van der Waals surface area contributed by atoms with E-state index in [9.17, 15) is 9.59 Å². The summed E-state index contributed by atoms with van der Waals surface area (Å²) >= 11 is 1.68. The summed E-state index contributed by atoms with van der Waals surface area (Å²) in [7, 11) is 0. The second-order valence-electron chi connectivity index (χ2n) is 5.32. The average Bonchev–Trinajstić information content (AvgIpc) is 2.38. The second-order valence-corrected chi connectivity index (χ2v) is 6.43. The van der Waals surface area contributed by atoms with Crippen LogP contribution in [-0.4, -0.2) is 46.5 Å². The molecule has 19 heavy (non-hydrogen) atoms. The van der Waals surface area contributed by atoms with Gasteiger partial charge in [0.15, 0.2) is 0 Å². The summed E-state index contributed by atoms with van der Waals surface area (Å²) in [6.45, 7) is 4.08. The van der Waals surface area contributed by atoms with Gasteiger partial charge < -0.3 is 10.0 Å². The van der Waals surface area contributed by atoms with E-state index in [1.165, 1.54) is 0 Å². The van der Waals surface area contributed by atoms with Crippen molar-refractivity contribution in [3.8, 4) is 0 Å². The maximum absolute atomic E-state index is 11.9. The lowest BCUT2D eigenvalue weighted by molar-refractivity contribution is -0.137. The zero-order valence-electron chi connectivity index (χ0n) is 11.8. The summed E-state index contributed by atoms with van der Waals surface area (Å²) in [5.41, 5.74) is 0. The number of hydrogen-bond acceptors (Lipinski definition) is 3.